The predicted octanol–water partition coefficient (Wildman–Crippen LogP) is 4.38. The number of hydrogen-bond donors (Lipinski definition) is 1. The van der Waals surface area contributed by atoms with Crippen LogP contribution >= 0.6 is 0 Å². The van der Waals surface area contributed by atoms with Crippen molar-refractivity contribution in [3.05, 3.63) is 59.0 Å². The van der Waals surface area contributed by atoms with Crippen LogP contribution in [0.15, 0.2) is 40.8 Å². The second-order valence-electron chi connectivity index (χ2n) is 6.52. The fraction of sp³-hybridized carbons (Fsp3) is 0.350. The number of carbonyl (C=O) groups is 1. The summed E-state index contributed by atoms with van der Waals surface area (Å²) >= 11 is 0. The second kappa shape index (κ2) is 8.10. The Morgan fingerprint density at radius 2 is 2.04 bits per heavy atom. The zero-order chi connectivity index (χ0) is 20.3. The number of fused-ring (bicyclic) bond motifs is 1. The number of nitrogens with one attached hydrogen (secondary N) is 1. The first-order valence-electron chi connectivity index (χ1n) is 8.82. The number of hydrogen-bond acceptors (Lipinski definition) is 3. The molecule has 0 fully saturated rings. The molecule has 1 amide bonds. The van der Waals surface area contributed by atoms with Crippen molar-refractivity contribution in [3.8, 4) is 0 Å². The van der Waals surface area contributed by atoms with E-state index in [0.29, 0.717) is 47.7 Å². The molecule has 2 aromatic heterocycles. The summed E-state index contributed by atoms with van der Waals surface area (Å²) in [6.45, 7) is 2.85. The van der Waals surface area contributed by atoms with Crippen LogP contribution in [0.2, 0.25) is 0 Å². The van der Waals surface area contributed by atoms with Crippen LogP contribution in [-0.4, -0.2) is 30.7 Å². The van der Waals surface area contributed by atoms with E-state index in [4.69, 9.17) is 9.15 Å². The lowest BCUT2D eigenvalue weighted by atomic mass is 10.1. The van der Waals surface area contributed by atoms with Crippen molar-refractivity contribution < 1.29 is 27.1 Å². The monoisotopic (exact) mass is 394 g/mol. The molecule has 8 heteroatoms. The second-order valence-corrected chi connectivity index (χ2v) is 6.52. The number of furan rings is 1. The van der Waals surface area contributed by atoms with Gasteiger partial charge in [-0.05, 0) is 31.0 Å². The largest absolute Gasteiger partial charge is 0.460 e. The minimum absolute atomic E-state index is 0.118. The van der Waals surface area contributed by atoms with E-state index in [2.05, 4.69) is 5.32 Å². The zero-order valence-corrected chi connectivity index (χ0v) is 15.6. The van der Waals surface area contributed by atoms with Crippen molar-refractivity contribution in [1.82, 2.24) is 9.88 Å². The average Bonchev–Trinajstić information content (AvgIpc) is 3.15. The van der Waals surface area contributed by atoms with Gasteiger partial charge in [0, 0.05) is 38.9 Å². The number of ether oxygens (including phenoxy) is 1. The number of amides is 1. The minimum Gasteiger partial charge on any atom is -0.460 e. The topological polar surface area (TPSA) is 56.4 Å². The Morgan fingerprint density at radius 3 is 2.75 bits per heavy atom. The molecule has 150 valence electrons. The Morgan fingerprint density at radius 1 is 1.25 bits per heavy atom. The van der Waals surface area contributed by atoms with Crippen LogP contribution in [0, 0.1) is 6.92 Å². The Balaban J connectivity index is 1.91. The first-order chi connectivity index (χ1) is 13.3. The van der Waals surface area contributed by atoms with Gasteiger partial charge in [0.2, 0.25) is 0 Å². The van der Waals surface area contributed by atoms with Crippen molar-refractivity contribution in [2.45, 2.75) is 26.1 Å². The number of rotatable bonds is 7. The molecule has 3 aromatic rings. The Labute approximate surface area is 160 Å². The van der Waals surface area contributed by atoms with Crippen molar-refractivity contribution >= 4 is 17.0 Å². The molecule has 0 aliphatic carbocycles. The molecule has 28 heavy (non-hydrogen) atoms. The smallest absolute Gasteiger partial charge is 0.416 e. The molecule has 0 spiro atoms. The highest BCUT2D eigenvalue weighted by Gasteiger charge is 2.30. The lowest BCUT2D eigenvalue weighted by molar-refractivity contribution is -0.137. The highest BCUT2D eigenvalue weighted by Crippen LogP contribution is 2.30. The van der Waals surface area contributed by atoms with Crippen molar-refractivity contribution in [3.63, 3.8) is 0 Å². The fourth-order valence-electron chi connectivity index (χ4n) is 3.06. The van der Waals surface area contributed by atoms with Crippen molar-refractivity contribution in [2.24, 2.45) is 0 Å². The third-order valence-corrected chi connectivity index (χ3v) is 4.35. The van der Waals surface area contributed by atoms with Gasteiger partial charge in [-0.1, -0.05) is 12.1 Å². The number of alkyl halides is 3. The maximum Gasteiger partial charge on any atom is 0.416 e. The van der Waals surface area contributed by atoms with Gasteiger partial charge in [-0.2, -0.15) is 13.2 Å². The van der Waals surface area contributed by atoms with Crippen LogP contribution in [0.1, 0.15) is 33.8 Å². The van der Waals surface area contributed by atoms with Crippen LogP contribution in [0.25, 0.3) is 11.1 Å². The van der Waals surface area contributed by atoms with Crippen LogP contribution in [-0.2, 0) is 17.5 Å². The van der Waals surface area contributed by atoms with Gasteiger partial charge in [-0.25, -0.2) is 0 Å². The molecular weight excluding hydrogens is 373 g/mol. The van der Waals surface area contributed by atoms with Gasteiger partial charge < -0.3 is 19.0 Å². The Bertz CT molecular complexity index is 973. The molecule has 2 heterocycles. The number of nitrogens with zero attached hydrogens (tertiary/aromatic N) is 1. The molecule has 1 aromatic carbocycles. The molecule has 0 bridgehead atoms. The summed E-state index contributed by atoms with van der Waals surface area (Å²) in [4.78, 5) is 12.6. The lowest BCUT2D eigenvalue weighted by Gasteiger charge is -2.13. The van der Waals surface area contributed by atoms with Crippen LogP contribution in [0.4, 0.5) is 13.2 Å². The summed E-state index contributed by atoms with van der Waals surface area (Å²) in [5, 5.41) is 2.80. The summed E-state index contributed by atoms with van der Waals surface area (Å²) in [6.07, 6.45) is -3.76. The Kier molecular flexibility index (Phi) is 5.79. The molecule has 5 nitrogen and oxygen atoms in total. The average molecular weight is 394 g/mol. The molecule has 1 N–H and O–H groups in total. The van der Waals surface area contributed by atoms with E-state index in [1.54, 1.807) is 36.8 Å². The number of methoxy groups -OCH3 is 1. The predicted molar refractivity (Wildman–Crippen MR) is 98.3 cm³/mol. The summed E-state index contributed by atoms with van der Waals surface area (Å²) < 4.78 is 51.3. The van der Waals surface area contributed by atoms with E-state index in [1.807, 2.05) is 0 Å². The quantitative estimate of drug-likeness (QED) is 0.605. The number of halogens is 3. The van der Waals surface area contributed by atoms with Crippen molar-refractivity contribution in [1.29, 1.82) is 0 Å². The number of aromatic nitrogens is 1. The summed E-state index contributed by atoms with van der Waals surface area (Å²) in [7, 11) is 1.58. The normalized spacial score (nSPS) is 11.9. The SMILES string of the molecule is COCCCNC(=O)c1cc2oc(C)cc2n1Cc1cccc(C(F)(F)F)c1. The van der Waals surface area contributed by atoms with Gasteiger partial charge in [-0.15, -0.1) is 0 Å². The summed E-state index contributed by atoms with van der Waals surface area (Å²) in [5.74, 6) is 0.349. The third-order valence-electron chi connectivity index (χ3n) is 4.35. The molecule has 3 rings (SSSR count). The van der Waals surface area contributed by atoms with Gasteiger partial charge >= 0.3 is 6.18 Å². The van der Waals surface area contributed by atoms with Gasteiger partial charge in [0.1, 0.15) is 11.5 Å². The molecule has 0 aliphatic heterocycles. The fourth-order valence-corrected chi connectivity index (χ4v) is 3.06. The molecule has 0 atom stereocenters. The first kappa shape index (κ1) is 20.0. The van der Waals surface area contributed by atoms with Crippen LogP contribution in [0.3, 0.4) is 0 Å². The third kappa shape index (κ3) is 4.39. The first-order valence-corrected chi connectivity index (χ1v) is 8.82. The van der Waals surface area contributed by atoms with Gasteiger partial charge in [-0.3, -0.25) is 4.79 Å². The molecule has 0 unspecified atom stereocenters. The number of carbonyl (C=O) groups excluding carboxylic acids is 1. The van der Waals surface area contributed by atoms with E-state index < -0.39 is 11.7 Å². The van der Waals surface area contributed by atoms with Crippen LogP contribution < -0.4 is 5.32 Å². The van der Waals surface area contributed by atoms with E-state index >= 15 is 0 Å². The van der Waals surface area contributed by atoms with E-state index in [0.717, 1.165) is 12.1 Å². The highest BCUT2D eigenvalue weighted by atomic mass is 19.4. The van der Waals surface area contributed by atoms with E-state index in [9.17, 15) is 18.0 Å². The lowest BCUT2D eigenvalue weighted by Crippen LogP contribution is -2.27. The maximum absolute atomic E-state index is 13.0. The molecular formula is C20H21F3N2O3. The van der Waals surface area contributed by atoms with Crippen molar-refractivity contribution in [2.75, 3.05) is 20.3 Å². The molecule has 0 saturated heterocycles. The van der Waals surface area contributed by atoms with Crippen LogP contribution in [0.5, 0.6) is 0 Å². The minimum atomic E-state index is -4.42. The standard InChI is InChI=1S/C20H21F3N2O3/c1-13-9-16-18(28-13)11-17(19(26)24-7-4-8-27-2)25(16)12-14-5-3-6-15(10-14)20(21,22)23/h3,5-6,9-11H,4,7-8,12H2,1-2H3,(H,24,26). The highest BCUT2D eigenvalue weighted by molar-refractivity contribution is 5.97. The number of aryl methyl sites for hydroxylation is 1. The van der Waals surface area contributed by atoms with E-state index in [-0.39, 0.29) is 12.5 Å². The summed E-state index contributed by atoms with van der Waals surface area (Å²) in [6, 6.07) is 8.48. The molecule has 0 aliphatic rings. The van der Waals surface area contributed by atoms with E-state index in [1.165, 1.54) is 6.07 Å². The molecule has 0 saturated carbocycles. The zero-order valence-electron chi connectivity index (χ0n) is 15.6. The Hall–Kier alpha value is -2.74. The van der Waals surface area contributed by atoms with Gasteiger partial charge in [0.15, 0.2) is 5.58 Å². The maximum atomic E-state index is 13.0. The van der Waals surface area contributed by atoms with Gasteiger partial charge in [0.25, 0.3) is 5.91 Å². The molecule has 0 radical (unpaired) electrons. The number of benzene rings is 1. The summed E-state index contributed by atoms with van der Waals surface area (Å²) in [5.41, 5.74) is 1.24. The van der Waals surface area contributed by atoms with Gasteiger partial charge in [0.05, 0.1) is 11.1 Å².